The first-order valence-electron chi connectivity index (χ1n) is 5.00. The first-order valence-corrected chi connectivity index (χ1v) is 5.38. The molecule has 0 aliphatic rings. The summed E-state index contributed by atoms with van der Waals surface area (Å²) < 4.78 is 0. The number of carbonyl (C=O) groups excluding carboxylic acids is 2. The highest BCUT2D eigenvalue weighted by molar-refractivity contribution is 6.32. The van der Waals surface area contributed by atoms with Gasteiger partial charge in [-0.3, -0.25) is 9.59 Å². The molecule has 2 amide bonds. The van der Waals surface area contributed by atoms with E-state index in [1.807, 2.05) is 0 Å². The summed E-state index contributed by atoms with van der Waals surface area (Å²) in [6.45, 7) is 1.34. The standard InChI is InChI=1S/C12H13ClN2O2/c1-8(16)15-11(12(17)14-2)7-9-5-3-4-6-10(9)13/h3-7H,1-2H3,(H,14,17)(H,15,16)/b11-7-. The lowest BCUT2D eigenvalue weighted by Gasteiger charge is -2.07. The van der Waals surface area contributed by atoms with Gasteiger partial charge in [-0.2, -0.15) is 0 Å². The molecule has 0 spiro atoms. The highest BCUT2D eigenvalue weighted by atomic mass is 35.5. The number of halogens is 1. The quantitative estimate of drug-likeness (QED) is 0.803. The largest absolute Gasteiger partial charge is 0.354 e. The third kappa shape index (κ3) is 3.92. The number of hydrogen-bond donors (Lipinski definition) is 2. The van der Waals surface area contributed by atoms with Crippen LogP contribution in [0.1, 0.15) is 12.5 Å². The average molecular weight is 253 g/mol. The van der Waals surface area contributed by atoms with Crippen molar-refractivity contribution in [3.8, 4) is 0 Å². The van der Waals surface area contributed by atoms with Crippen molar-refractivity contribution in [3.05, 3.63) is 40.5 Å². The first-order chi connectivity index (χ1) is 8.04. The van der Waals surface area contributed by atoms with Gasteiger partial charge in [0.05, 0.1) is 0 Å². The minimum Gasteiger partial charge on any atom is -0.354 e. The van der Waals surface area contributed by atoms with Gasteiger partial charge < -0.3 is 10.6 Å². The molecule has 1 aromatic carbocycles. The molecule has 0 radical (unpaired) electrons. The van der Waals surface area contributed by atoms with E-state index in [9.17, 15) is 9.59 Å². The Morgan fingerprint density at radius 2 is 1.94 bits per heavy atom. The van der Waals surface area contributed by atoms with Gasteiger partial charge in [-0.15, -0.1) is 0 Å². The number of likely N-dealkylation sites (N-methyl/N-ethyl adjacent to an activating group) is 1. The van der Waals surface area contributed by atoms with Gasteiger partial charge in [-0.05, 0) is 17.7 Å². The molecule has 1 rings (SSSR count). The maximum absolute atomic E-state index is 11.5. The molecule has 0 fully saturated rings. The predicted molar refractivity (Wildman–Crippen MR) is 67.3 cm³/mol. The minimum absolute atomic E-state index is 0.160. The molecule has 0 aliphatic heterocycles. The molecule has 0 aromatic heterocycles. The van der Waals surface area contributed by atoms with Crippen molar-refractivity contribution in [1.29, 1.82) is 0 Å². The summed E-state index contributed by atoms with van der Waals surface area (Å²) in [4.78, 5) is 22.5. The molecule has 0 unspecified atom stereocenters. The molecular weight excluding hydrogens is 240 g/mol. The van der Waals surface area contributed by atoms with Crippen LogP contribution in [0.15, 0.2) is 30.0 Å². The molecule has 5 heteroatoms. The van der Waals surface area contributed by atoms with Gasteiger partial charge in [0, 0.05) is 19.0 Å². The molecule has 0 saturated heterocycles. The van der Waals surface area contributed by atoms with E-state index in [2.05, 4.69) is 10.6 Å². The van der Waals surface area contributed by atoms with Gasteiger partial charge in [-0.25, -0.2) is 0 Å². The van der Waals surface area contributed by atoms with E-state index in [1.54, 1.807) is 24.3 Å². The Labute approximate surface area is 105 Å². The second-order valence-electron chi connectivity index (χ2n) is 3.34. The van der Waals surface area contributed by atoms with E-state index in [0.717, 1.165) is 0 Å². The molecule has 90 valence electrons. The maximum Gasteiger partial charge on any atom is 0.267 e. The zero-order chi connectivity index (χ0) is 12.8. The van der Waals surface area contributed by atoms with Crippen molar-refractivity contribution < 1.29 is 9.59 Å². The van der Waals surface area contributed by atoms with Crippen molar-refractivity contribution in [1.82, 2.24) is 10.6 Å². The number of nitrogens with one attached hydrogen (secondary N) is 2. The monoisotopic (exact) mass is 252 g/mol. The van der Waals surface area contributed by atoms with E-state index >= 15 is 0 Å². The zero-order valence-corrected chi connectivity index (χ0v) is 10.3. The second-order valence-corrected chi connectivity index (χ2v) is 3.75. The maximum atomic E-state index is 11.5. The molecule has 1 aromatic rings. The fourth-order valence-electron chi connectivity index (χ4n) is 1.23. The van der Waals surface area contributed by atoms with Gasteiger partial charge in [0.15, 0.2) is 0 Å². The van der Waals surface area contributed by atoms with E-state index in [4.69, 9.17) is 11.6 Å². The van der Waals surface area contributed by atoms with Crippen LogP contribution in [0.4, 0.5) is 0 Å². The van der Waals surface area contributed by atoms with Crippen LogP contribution in [-0.4, -0.2) is 18.9 Å². The van der Waals surface area contributed by atoms with Gasteiger partial charge in [0.1, 0.15) is 5.70 Å². The normalized spacial score (nSPS) is 10.9. The number of benzene rings is 1. The van der Waals surface area contributed by atoms with Crippen molar-refractivity contribution in [2.75, 3.05) is 7.05 Å². The van der Waals surface area contributed by atoms with Gasteiger partial charge in [0.25, 0.3) is 5.91 Å². The molecule has 0 saturated carbocycles. The molecule has 2 N–H and O–H groups in total. The van der Waals surface area contributed by atoms with Crippen LogP contribution in [-0.2, 0) is 9.59 Å². The SMILES string of the molecule is CNC(=O)/C(=C/c1ccccc1Cl)NC(C)=O. The van der Waals surface area contributed by atoms with Crippen LogP contribution in [0.5, 0.6) is 0 Å². The van der Waals surface area contributed by atoms with Gasteiger partial charge in [-0.1, -0.05) is 29.8 Å². The Morgan fingerprint density at radius 3 is 2.47 bits per heavy atom. The Hall–Kier alpha value is -1.81. The van der Waals surface area contributed by atoms with Crippen LogP contribution in [0.25, 0.3) is 6.08 Å². The smallest absolute Gasteiger partial charge is 0.267 e. The molecule has 0 atom stereocenters. The summed E-state index contributed by atoms with van der Waals surface area (Å²) in [5, 5.41) is 5.42. The summed E-state index contributed by atoms with van der Waals surface area (Å²) in [6.07, 6.45) is 1.53. The Bertz CT molecular complexity index is 469. The van der Waals surface area contributed by atoms with Crippen LogP contribution in [0.3, 0.4) is 0 Å². The topological polar surface area (TPSA) is 58.2 Å². The highest BCUT2D eigenvalue weighted by Crippen LogP contribution is 2.17. The number of hydrogen-bond acceptors (Lipinski definition) is 2. The van der Waals surface area contributed by atoms with Crippen molar-refractivity contribution in [2.24, 2.45) is 0 Å². The van der Waals surface area contributed by atoms with Gasteiger partial charge in [0.2, 0.25) is 5.91 Å². The highest BCUT2D eigenvalue weighted by Gasteiger charge is 2.09. The van der Waals surface area contributed by atoms with Crippen LogP contribution >= 0.6 is 11.6 Å². The molecule has 17 heavy (non-hydrogen) atoms. The van der Waals surface area contributed by atoms with Crippen molar-refractivity contribution in [3.63, 3.8) is 0 Å². The fourth-order valence-corrected chi connectivity index (χ4v) is 1.42. The van der Waals surface area contributed by atoms with Crippen molar-refractivity contribution >= 4 is 29.5 Å². The van der Waals surface area contributed by atoms with Crippen LogP contribution in [0.2, 0.25) is 5.02 Å². The molecule has 0 aliphatic carbocycles. The molecular formula is C12H13ClN2O2. The lowest BCUT2D eigenvalue weighted by atomic mass is 10.2. The number of carbonyl (C=O) groups is 2. The van der Waals surface area contributed by atoms with Crippen LogP contribution < -0.4 is 10.6 Å². The number of amides is 2. The van der Waals surface area contributed by atoms with Crippen LogP contribution in [0, 0.1) is 0 Å². The summed E-state index contributed by atoms with van der Waals surface area (Å²) in [5.41, 5.74) is 0.828. The molecule has 0 heterocycles. The second kappa shape index (κ2) is 6.06. The molecule has 0 bridgehead atoms. The fraction of sp³-hybridized carbons (Fsp3) is 0.167. The summed E-state index contributed by atoms with van der Waals surface area (Å²) in [5.74, 6) is -0.688. The summed E-state index contributed by atoms with van der Waals surface area (Å²) >= 11 is 5.96. The Kier molecular flexibility index (Phi) is 4.72. The van der Waals surface area contributed by atoms with Gasteiger partial charge >= 0.3 is 0 Å². The van der Waals surface area contributed by atoms with Crippen molar-refractivity contribution in [2.45, 2.75) is 6.92 Å². The lowest BCUT2D eigenvalue weighted by Crippen LogP contribution is -2.31. The lowest BCUT2D eigenvalue weighted by molar-refractivity contribution is -0.122. The van der Waals surface area contributed by atoms with E-state index in [1.165, 1.54) is 20.0 Å². The third-order valence-corrected chi connectivity index (χ3v) is 2.33. The number of rotatable bonds is 3. The summed E-state index contributed by atoms with van der Waals surface area (Å²) in [6, 6.07) is 7.06. The average Bonchev–Trinajstić information content (AvgIpc) is 2.29. The Morgan fingerprint density at radius 1 is 1.29 bits per heavy atom. The van der Waals surface area contributed by atoms with E-state index in [0.29, 0.717) is 10.6 Å². The minimum atomic E-state index is -0.375. The van der Waals surface area contributed by atoms with E-state index < -0.39 is 0 Å². The summed E-state index contributed by atoms with van der Waals surface area (Å²) in [7, 11) is 1.49. The zero-order valence-electron chi connectivity index (χ0n) is 9.58. The Balaban J connectivity index is 3.09. The predicted octanol–water partition coefficient (Wildman–Crippen LogP) is 1.56. The third-order valence-electron chi connectivity index (χ3n) is 1.99. The van der Waals surface area contributed by atoms with E-state index in [-0.39, 0.29) is 17.5 Å². The first kappa shape index (κ1) is 13.3. The molecule has 4 nitrogen and oxygen atoms in total.